The minimum absolute atomic E-state index is 0.135. The molecule has 2 aromatic carbocycles. The predicted molar refractivity (Wildman–Crippen MR) is 133 cm³/mol. The first kappa shape index (κ1) is 23.2. The van der Waals surface area contributed by atoms with Gasteiger partial charge in [-0.05, 0) is 49.6 Å². The average Bonchev–Trinajstić information content (AvgIpc) is 3.51. The Morgan fingerprint density at radius 1 is 1.24 bits per heavy atom. The molecule has 0 saturated heterocycles. The van der Waals surface area contributed by atoms with E-state index in [0.717, 1.165) is 51.9 Å². The van der Waals surface area contributed by atoms with Gasteiger partial charge in [-0.1, -0.05) is 12.1 Å². The molecule has 7 nitrogen and oxygen atoms in total. The number of hydrogen-bond acceptors (Lipinski definition) is 5. The summed E-state index contributed by atoms with van der Waals surface area (Å²) in [7, 11) is 1.62. The van der Waals surface area contributed by atoms with Crippen molar-refractivity contribution in [3.8, 4) is 22.6 Å². The lowest BCUT2D eigenvalue weighted by molar-refractivity contribution is -0.116. The van der Waals surface area contributed by atoms with Crippen molar-refractivity contribution in [2.24, 2.45) is 0 Å². The summed E-state index contributed by atoms with van der Waals surface area (Å²) in [6.07, 6.45) is 9.60. The van der Waals surface area contributed by atoms with Crippen LogP contribution in [0.15, 0.2) is 71.9 Å². The van der Waals surface area contributed by atoms with E-state index in [0.29, 0.717) is 18.9 Å². The van der Waals surface area contributed by atoms with Crippen LogP contribution in [0.3, 0.4) is 0 Å². The molecule has 0 aliphatic heterocycles. The fraction of sp³-hybridized carbons (Fsp3) is 0.259. The molecule has 0 aliphatic carbocycles. The first-order valence-electron chi connectivity index (χ1n) is 11.3. The molecular formula is C27H29N3O4. The van der Waals surface area contributed by atoms with Crippen LogP contribution < -0.4 is 14.8 Å². The van der Waals surface area contributed by atoms with Crippen molar-refractivity contribution in [2.75, 3.05) is 20.3 Å². The summed E-state index contributed by atoms with van der Waals surface area (Å²) in [5.41, 5.74) is 4.37. The summed E-state index contributed by atoms with van der Waals surface area (Å²) in [5, 5.41) is 3.90. The van der Waals surface area contributed by atoms with Crippen molar-refractivity contribution in [1.82, 2.24) is 14.9 Å². The summed E-state index contributed by atoms with van der Waals surface area (Å²) in [4.78, 5) is 16.5. The number of nitrogens with zero attached hydrogens (tertiary/aromatic N) is 2. The lowest BCUT2D eigenvalue weighted by Crippen LogP contribution is -2.23. The number of allylic oxidation sites excluding steroid dienone is 1. The topological polar surface area (TPSA) is 78.5 Å². The van der Waals surface area contributed by atoms with E-state index in [9.17, 15) is 4.79 Å². The number of fused-ring (bicyclic) bond motifs is 1. The van der Waals surface area contributed by atoms with Gasteiger partial charge < -0.3 is 23.8 Å². The largest absolute Gasteiger partial charge is 0.496 e. The SMILES string of the molecule is CCOc1ccc(-c2coc3cc(OC)c(/C(C)=C/C(=O)NCCCn4ccnc4)cc23)cc1. The number of hydrogen-bond donors (Lipinski definition) is 1. The Balaban J connectivity index is 1.53. The molecule has 176 valence electrons. The lowest BCUT2D eigenvalue weighted by Gasteiger charge is -2.10. The number of aromatic nitrogens is 2. The molecule has 0 spiro atoms. The number of aryl methyl sites for hydroxylation is 1. The van der Waals surface area contributed by atoms with E-state index < -0.39 is 0 Å². The monoisotopic (exact) mass is 459 g/mol. The van der Waals surface area contributed by atoms with Crippen LogP contribution in [0.2, 0.25) is 0 Å². The second kappa shape index (κ2) is 10.7. The van der Waals surface area contributed by atoms with Crippen LogP contribution >= 0.6 is 0 Å². The van der Waals surface area contributed by atoms with Gasteiger partial charge in [-0.3, -0.25) is 4.79 Å². The molecule has 1 amide bonds. The van der Waals surface area contributed by atoms with E-state index in [2.05, 4.69) is 10.3 Å². The third kappa shape index (κ3) is 5.31. The van der Waals surface area contributed by atoms with Crippen LogP contribution in [0.5, 0.6) is 11.5 Å². The van der Waals surface area contributed by atoms with E-state index in [1.54, 1.807) is 32.0 Å². The van der Waals surface area contributed by atoms with Crippen LogP contribution in [0, 0.1) is 0 Å². The maximum atomic E-state index is 12.5. The van der Waals surface area contributed by atoms with Gasteiger partial charge in [-0.25, -0.2) is 4.98 Å². The predicted octanol–water partition coefficient (Wildman–Crippen LogP) is 5.31. The zero-order valence-corrected chi connectivity index (χ0v) is 19.7. The zero-order valence-electron chi connectivity index (χ0n) is 19.7. The van der Waals surface area contributed by atoms with Crippen LogP contribution in [0.1, 0.15) is 25.8 Å². The molecule has 4 rings (SSSR count). The van der Waals surface area contributed by atoms with Crippen LogP contribution in [0.25, 0.3) is 27.7 Å². The Hall–Kier alpha value is -4.00. The molecule has 34 heavy (non-hydrogen) atoms. The molecule has 4 aromatic rings. The number of ether oxygens (including phenoxy) is 2. The normalized spacial score (nSPS) is 11.6. The summed E-state index contributed by atoms with van der Waals surface area (Å²) >= 11 is 0. The summed E-state index contributed by atoms with van der Waals surface area (Å²) in [5.74, 6) is 1.35. The second-order valence-corrected chi connectivity index (χ2v) is 7.93. The Morgan fingerprint density at radius 3 is 2.76 bits per heavy atom. The first-order valence-corrected chi connectivity index (χ1v) is 11.3. The fourth-order valence-corrected chi connectivity index (χ4v) is 3.87. The van der Waals surface area contributed by atoms with Crippen molar-refractivity contribution < 1.29 is 18.7 Å². The van der Waals surface area contributed by atoms with Gasteiger partial charge in [0.15, 0.2) is 0 Å². The summed E-state index contributed by atoms with van der Waals surface area (Å²) in [6, 6.07) is 11.8. The third-order valence-electron chi connectivity index (χ3n) is 5.60. The van der Waals surface area contributed by atoms with Crippen molar-refractivity contribution in [2.45, 2.75) is 26.8 Å². The van der Waals surface area contributed by atoms with E-state index in [4.69, 9.17) is 13.9 Å². The Labute approximate surface area is 199 Å². The summed E-state index contributed by atoms with van der Waals surface area (Å²) < 4.78 is 18.9. The van der Waals surface area contributed by atoms with Crippen LogP contribution in [0.4, 0.5) is 0 Å². The highest BCUT2D eigenvalue weighted by Gasteiger charge is 2.15. The number of carbonyl (C=O) groups excluding carboxylic acids is 1. The van der Waals surface area contributed by atoms with Crippen molar-refractivity contribution in [3.05, 3.63) is 73.0 Å². The zero-order chi connectivity index (χ0) is 23.9. The van der Waals surface area contributed by atoms with Gasteiger partial charge in [-0.15, -0.1) is 0 Å². The van der Waals surface area contributed by atoms with Gasteiger partial charge >= 0.3 is 0 Å². The second-order valence-electron chi connectivity index (χ2n) is 7.93. The lowest BCUT2D eigenvalue weighted by atomic mass is 9.99. The number of carbonyl (C=O) groups is 1. The highest BCUT2D eigenvalue weighted by molar-refractivity contribution is 6.00. The molecule has 7 heteroatoms. The van der Waals surface area contributed by atoms with E-state index in [-0.39, 0.29) is 5.91 Å². The van der Waals surface area contributed by atoms with Crippen molar-refractivity contribution >= 4 is 22.4 Å². The van der Waals surface area contributed by atoms with Gasteiger partial charge in [0, 0.05) is 54.1 Å². The molecule has 0 fully saturated rings. The number of rotatable bonds is 10. The Kier molecular flexibility index (Phi) is 7.32. The number of furan rings is 1. The maximum absolute atomic E-state index is 12.5. The van der Waals surface area contributed by atoms with Crippen LogP contribution in [-0.2, 0) is 11.3 Å². The molecule has 0 aliphatic rings. The summed E-state index contributed by atoms with van der Waals surface area (Å²) in [6.45, 7) is 5.89. The quantitative estimate of drug-likeness (QED) is 0.257. The molecule has 0 radical (unpaired) electrons. The van der Waals surface area contributed by atoms with Gasteiger partial charge in [0.1, 0.15) is 17.1 Å². The standard InChI is InChI=1S/C27H29N3O4/c1-4-33-21-8-6-20(7-9-21)24-17-34-26-16-25(32-3)22(15-23(24)26)19(2)14-27(31)29-10-5-12-30-13-11-28-18-30/h6-9,11,13-18H,4-5,10,12H2,1-3H3,(H,29,31)/b19-14+. The third-order valence-corrected chi connectivity index (χ3v) is 5.60. The fourth-order valence-electron chi connectivity index (χ4n) is 3.87. The number of amides is 1. The minimum atomic E-state index is -0.135. The Bertz CT molecular complexity index is 1270. The molecule has 0 bridgehead atoms. The molecular weight excluding hydrogens is 430 g/mol. The van der Waals surface area contributed by atoms with Crippen molar-refractivity contribution in [1.29, 1.82) is 0 Å². The number of imidazole rings is 1. The minimum Gasteiger partial charge on any atom is -0.496 e. The highest BCUT2D eigenvalue weighted by Crippen LogP contribution is 2.37. The molecule has 1 N–H and O–H groups in total. The molecule has 0 saturated carbocycles. The van der Waals surface area contributed by atoms with Crippen molar-refractivity contribution in [3.63, 3.8) is 0 Å². The molecule has 2 heterocycles. The molecule has 0 atom stereocenters. The van der Waals surface area contributed by atoms with Gasteiger partial charge in [0.2, 0.25) is 5.91 Å². The average molecular weight is 460 g/mol. The smallest absolute Gasteiger partial charge is 0.244 e. The number of methoxy groups -OCH3 is 1. The first-order chi connectivity index (χ1) is 16.6. The molecule has 0 unspecified atom stereocenters. The Morgan fingerprint density at radius 2 is 2.06 bits per heavy atom. The highest BCUT2D eigenvalue weighted by atomic mass is 16.5. The van der Waals surface area contributed by atoms with E-state index in [1.165, 1.54) is 0 Å². The molecule has 2 aromatic heterocycles. The van der Waals surface area contributed by atoms with Gasteiger partial charge in [0.25, 0.3) is 0 Å². The van der Waals surface area contributed by atoms with E-state index in [1.807, 2.05) is 61.0 Å². The number of nitrogens with one attached hydrogen (secondary N) is 1. The van der Waals surface area contributed by atoms with Crippen LogP contribution in [-0.4, -0.2) is 35.7 Å². The van der Waals surface area contributed by atoms with Gasteiger partial charge in [-0.2, -0.15) is 0 Å². The number of benzene rings is 2. The van der Waals surface area contributed by atoms with Gasteiger partial charge in [0.05, 0.1) is 26.3 Å². The maximum Gasteiger partial charge on any atom is 0.244 e. The van der Waals surface area contributed by atoms with E-state index >= 15 is 0 Å².